The second-order valence-electron chi connectivity index (χ2n) is 4.86. The number of methoxy groups -OCH3 is 1. The van der Waals surface area contributed by atoms with Crippen LogP contribution in [0.5, 0.6) is 0 Å². The molecule has 19 heavy (non-hydrogen) atoms. The Labute approximate surface area is 113 Å². The number of amides is 1. The highest BCUT2D eigenvalue weighted by molar-refractivity contribution is 6.04. The maximum atomic E-state index is 12.0. The number of rotatable bonds is 5. The van der Waals surface area contributed by atoms with Crippen LogP contribution >= 0.6 is 0 Å². The smallest absolute Gasteiger partial charge is 0.336 e. The number of ketones is 1. The lowest BCUT2D eigenvalue weighted by atomic mass is 9.92. The summed E-state index contributed by atoms with van der Waals surface area (Å²) in [5, 5.41) is 5.75. The third-order valence-corrected chi connectivity index (χ3v) is 3.51. The minimum Gasteiger partial charge on any atom is -0.467 e. The van der Waals surface area contributed by atoms with E-state index in [2.05, 4.69) is 22.3 Å². The lowest BCUT2D eigenvalue weighted by Gasteiger charge is -2.29. The molecule has 0 aromatic heterocycles. The van der Waals surface area contributed by atoms with E-state index in [0.29, 0.717) is 12.6 Å². The van der Waals surface area contributed by atoms with Gasteiger partial charge < -0.3 is 15.4 Å². The van der Waals surface area contributed by atoms with Gasteiger partial charge in [0.2, 0.25) is 5.91 Å². The molecule has 1 rings (SSSR count). The molecule has 0 spiro atoms. The van der Waals surface area contributed by atoms with E-state index in [0.717, 1.165) is 19.3 Å². The van der Waals surface area contributed by atoms with Crippen molar-refractivity contribution < 1.29 is 19.1 Å². The van der Waals surface area contributed by atoms with E-state index >= 15 is 0 Å². The Balaban J connectivity index is 2.54. The average Bonchev–Trinajstić information content (AvgIpc) is 2.43. The molecule has 1 aliphatic heterocycles. The zero-order chi connectivity index (χ0) is 14.4. The molecule has 1 amide bonds. The maximum Gasteiger partial charge on any atom is 0.336 e. The Hall–Kier alpha value is -1.43. The van der Waals surface area contributed by atoms with Crippen molar-refractivity contribution in [2.24, 2.45) is 5.92 Å². The summed E-state index contributed by atoms with van der Waals surface area (Å²) < 4.78 is 4.51. The van der Waals surface area contributed by atoms with Crippen LogP contribution in [-0.2, 0) is 19.1 Å². The van der Waals surface area contributed by atoms with Gasteiger partial charge in [-0.3, -0.25) is 9.59 Å². The topological polar surface area (TPSA) is 84.5 Å². The van der Waals surface area contributed by atoms with E-state index in [1.807, 2.05) is 0 Å². The van der Waals surface area contributed by atoms with Crippen molar-refractivity contribution >= 4 is 17.7 Å². The number of nitrogens with one attached hydrogen (secondary N) is 2. The Morgan fingerprint density at radius 1 is 1.37 bits per heavy atom. The quantitative estimate of drug-likeness (QED) is 0.543. The number of carbonyl (C=O) groups is 3. The molecule has 3 unspecified atom stereocenters. The number of esters is 1. The fourth-order valence-corrected chi connectivity index (χ4v) is 2.19. The molecular weight excluding hydrogens is 248 g/mol. The number of hydrogen-bond acceptors (Lipinski definition) is 5. The number of ether oxygens (including phenoxy) is 1. The van der Waals surface area contributed by atoms with Gasteiger partial charge in [0.25, 0.3) is 0 Å². The van der Waals surface area contributed by atoms with Gasteiger partial charge in [0.1, 0.15) is 0 Å². The Kier molecular flexibility index (Phi) is 5.95. The van der Waals surface area contributed by atoms with E-state index in [4.69, 9.17) is 0 Å². The van der Waals surface area contributed by atoms with Gasteiger partial charge in [-0.2, -0.15) is 0 Å². The van der Waals surface area contributed by atoms with Gasteiger partial charge in [-0.05, 0) is 26.2 Å². The predicted octanol–water partition coefficient (Wildman–Crippen LogP) is 0.0114. The Morgan fingerprint density at radius 2 is 2.05 bits per heavy atom. The molecular formula is C13H22N2O4. The van der Waals surface area contributed by atoms with Crippen LogP contribution in [0.1, 0.15) is 33.1 Å². The van der Waals surface area contributed by atoms with Crippen LogP contribution in [0.4, 0.5) is 0 Å². The molecule has 0 saturated carbocycles. The van der Waals surface area contributed by atoms with Crippen molar-refractivity contribution in [2.45, 2.75) is 45.2 Å². The van der Waals surface area contributed by atoms with Crippen LogP contribution in [-0.4, -0.2) is 43.4 Å². The number of hydrogen-bond donors (Lipinski definition) is 2. The summed E-state index contributed by atoms with van der Waals surface area (Å²) in [5.41, 5.74) is 0. The summed E-state index contributed by atoms with van der Waals surface area (Å²) in [5.74, 6) is -1.62. The van der Waals surface area contributed by atoms with Crippen molar-refractivity contribution in [2.75, 3.05) is 13.7 Å². The van der Waals surface area contributed by atoms with E-state index in [9.17, 15) is 14.4 Å². The minimum absolute atomic E-state index is 0.200. The van der Waals surface area contributed by atoms with Crippen LogP contribution in [0.2, 0.25) is 0 Å². The molecule has 0 bridgehead atoms. The molecule has 3 atom stereocenters. The Morgan fingerprint density at radius 3 is 2.47 bits per heavy atom. The zero-order valence-corrected chi connectivity index (χ0v) is 11.7. The SMILES string of the molecule is CCC1CCC(C(=O)NC(C(C)=O)C(=O)OC)CN1. The monoisotopic (exact) mass is 270 g/mol. The molecule has 0 radical (unpaired) electrons. The first-order valence-corrected chi connectivity index (χ1v) is 6.61. The van der Waals surface area contributed by atoms with Gasteiger partial charge in [-0.25, -0.2) is 4.79 Å². The second kappa shape index (κ2) is 7.23. The third-order valence-electron chi connectivity index (χ3n) is 3.51. The van der Waals surface area contributed by atoms with Crippen molar-refractivity contribution in [1.29, 1.82) is 0 Å². The largest absolute Gasteiger partial charge is 0.467 e. The molecule has 0 aliphatic carbocycles. The number of piperidine rings is 1. The van der Waals surface area contributed by atoms with Gasteiger partial charge in [-0.1, -0.05) is 6.92 Å². The third kappa shape index (κ3) is 4.31. The van der Waals surface area contributed by atoms with Crippen LogP contribution in [0, 0.1) is 5.92 Å². The second-order valence-corrected chi connectivity index (χ2v) is 4.86. The maximum absolute atomic E-state index is 12.0. The Bertz CT molecular complexity index is 349. The molecule has 0 aromatic carbocycles. The summed E-state index contributed by atoms with van der Waals surface area (Å²) >= 11 is 0. The molecule has 108 valence electrons. The summed E-state index contributed by atoms with van der Waals surface area (Å²) in [6.07, 6.45) is 2.73. The van der Waals surface area contributed by atoms with E-state index in [1.165, 1.54) is 14.0 Å². The molecule has 6 nitrogen and oxygen atoms in total. The van der Waals surface area contributed by atoms with Crippen LogP contribution < -0.4 is 10.6 Å². The van der Waals surface area contributed by atoms with Crippen molar-refractivity contribution in [3.05, 3.63) is 0 Å². The minimum atomic E-state index is -1.19. The fraction of sp³-hybridized carbons (Fsp3) is 0.769. The summed E-state index contributed by atoms with van der Waals surface area (Å²) in [7, 11) is 1.19. The molecule has 1 aliphatic rings. The molecule has 1 saturated heterocycles. The van der Waals surface area contributed by atoms with Crippen molar-refractivity contribution in [3.8, 4) is 0 Å². The lowest BCUT2D eigenvalue weighted by Crippen LogP contribution is -2.51. The highest BCUT2D eigenvalue weighted by Gasteiger charge is 2.31. The standard InChI is InChI=1S/C13H22N2O4/c1-4-10-6-5-9(7-14-10)12(17)15-11(8(2)16)13(18)19-3/h9-11,14H,4-7H2,1-3H3,(H,15,17). The molecule has 1 fully saturated rings. The normalized spacial score (nSPS) is 24.4. The highest BCUT2D eigenvalue weighted by atomic mass is 16.5. The molecule has 1 heterocycles. The van der Waals surface area contributed by atoms with Crippen molar-refractivity contribution in [1.82, 2.24) is 10.6 Å². The first-order valence-electron chi connectivity index (χ1n) is 6.61. The van der Waals surface area contributed by atoms with Crippen molar-refractivity contribution in [3.63, 3.8) is 0 Å². The van der Waals surface area contributed by atoms with Crippen LogP contribution in [0.3, 0.4) is 0 Å². The molecule has 0 aromatic rings. The predicted molar refractivity (Wildman–Crippen MR) is 69.4 cm³/mol. The lowest BCUT2D eigenvalue weighted by molar-refractivity contribution is -0.148. The molecule has 6 heteroatoms. The van der Waals surface area contributed by atoms with E-state index in [1.54, 1.807) is 0 Å². The fourth-order valence-electron chi connectivity index (χ4n) is 2.19. The average molecular weight is 270 g/mol. The molecule has 2 N–H and O–H groups in total. The van der Waals surface area contributed by atoms with Crippen LogP contribution in [0.15, 0.2) is 0 Å². The first kappa shape index (κ1) is 15.6. The summed E-state index contributed by atoms with van der Waals surface area (Å²) in [4.78, 5) is 34.7. The highest BCUT2D eigenvalue weighted by Crippen LogP contribution is 2.16. The summed E-state index contributed by atoms with van der Waals surface area (Å²) in [6.45, 7) is 3.94. The van der Waals surface area contributed by atoms with Gasteiger partial charge in [-0.15, -0.1) is 0 Å². The first-order chi connectivity index (χ1) is 8.99. The van der Waals surface area contributed by atoms with Crippen LogP contribution in [0.25, 0.3) is 0 Å². The summed E-state index contributed by atoms with van der Waals surface area (Å²) in [6, 6.07) is -0.741. The number of carbonyl (C=O) groups excluding carboxylic acids is 3. The van der Waals surface area contributed by atoms with E-state index < -0.39 is 17.8 Å². The number of Topliss-reactive ketones (excluding diaryl/α,β-unsaturated/α-hetero) is 1. The van der Waals surface area contributed by atoms with Gasteiger partial charge >= 0.3 is 5.97 Å². The van der Waals surface area contributed by atoms with Gasteiger partial charge in [0.05, 0.1) is 13.0 Å². The van der Waals surface area contributed by atoms with E-state index in [-0.39, 0.29) is 11.8 Å². The van der Waals surface area contributed by atoms with Gasteiger partial charge in [0.15, 0.2) is 11.8 Å². The van der Waals surface area contributed by atoms with Gasteiger partial charge in [0, 0.05) is 12.6 Å². The zero-order valence-electron chi connectivity index (χ0n) is 11.7.